The minimum absolute atomic E-state index is 0.0543. The summed E-state index contributed by atoms with van der Waals surface area (Å²) in [5, 5.41) is 0. The third-order valence-corrected chi connectivity index (χ3v) is 4.96. The number of sulfonamides is 1. The van der Waals surface area contributed by atoms with Crippen molar-refractivity contribution in [3.8, 4) is 12.3 Å². The van der Waals surface area contributed by atoms with Crippen molar-refractivity contribution in [3.05, 3.63) is 40.5 Å². The molecule has 1 heterocycles. The molecule has 0 radical (unpaired) electrons. The zero-order chi connectivity index (χ0) is 13.2. The smallest absolute Gasteiger partial charge is 0.273 e. The van der Waals surface area contributed by atoms with Crippen LogP contribution >= 0.6 is 22.9 Å². The molecule has 1 aromatic carbocycles. The van der Waals surface area contributed by atoms with Crippen molar-refractivity contribution < 1.29 is 8.42 Å². The Morgan fingerprint density at radius 2 is 2.22 bits per heavy atom. The number of halogens is 1. The van der Waals surface area contributed by atoms with Crippen molar-refractivity contribution in [2.24, 2.45) is 0 Å². The standard InChI is InChI=1S/C11H7ClN2O2S2/c1-2-8-4-3-5-9(6-8)14-18(15,16)10-7-13-11(12)17-10/h1,3-7,14H. The Morgan fingerprint density at radius 1 is 1.44 bits per heavy atom. The second kappa shape index (κ2) is 4.98. The van der Waals surface area contributed by atoms with Crippen molar-refractivity contribution in [2.45, 2.75) is 4.21 Å². The Hall–Kier alpha value is -1.55. The Morgan fingerprint density at radius 3 is 2.83 bits per heavy atom. The van der Waals surface area contributed by atoms with E-state index < -0.39 is 10.0 Å². The highest BCUT2D eigenvalue weighted by Crippen LogP contribution is 2.24. The van der Waals surface area contributed by atoms with Gasteiger partial charge in [0.2, 0.25) is 0 Å². The van der Waals surface area contributed by atoms with Gasteiger partial charge in [-0.1, -0.05) is 34.9 Å². The molecule has 2 aromatic rings. The summed E-state index contributed by atoms with van der Waals surface area (Å²) in [4.78, 5) is 3.69. The maximum absolute atomic E-state index is 12.0. The summed E-state index contributed by atoms with van der Waals surface area (Å²) < 4.78 is 26.6. The van der Waals surface area contributed by atoms with Crippen molar-refractivity contribution in [3.63, 3.8) is 0 Å². The van der Waals surface area contributed by atoms with Crippen LogP contribution in [0, 0.1) is 12.3 Å². The molecule has 0 fully saturated rings. The first kappa shape index (κ1) is 12.9. The van der Waals surface area contributed by atoms with Crippen LogP contribution in [0.4, 0.5) is 5.69 Å². The number of aromatic nitrogens is 1. The zero-order valence-electron chi connectivity index (χ0n) is 8.92. The van der Waals surface area contributed by atoms with E-state index in [1.165, 1.54) is 6.20 Å². The molecule has 0 saturated heterocycles. The Kier molecular flexibility index (Phi) is 3.57. The van der Waals surface area contributed by atoms with Gasteiger partial charge in [-0.15, -0.1) is 6.42 Å². The van der Waals surface area contributed by atoms with Gasteiger partial charge in [0.05, 0.1) is 11.9 Å². The Bertz CT molecular complexity index is 717. The Balaban J connectivity index is 2.31. The number of thiazole rings is 1. The predicted molar refractivity (Wildman–Crippen MR) is 72.3 cm³/mol. The maximum Gasteiger partial charge on any atom is 0.273 e. The summed E-state index contributed by atoms with van der Waals surface area (Å²) in [7, 11) is -3.66. The number of hydrogen-bond donors (Lipinski definition) is 1. The minimum atomic E-state index is -3.66. The molecule has 0 bridgehead atoms. The normalized spacial score (nSPS) is 10.9. The van der Waals surface area contributed by atoms with Crippen molar-refractivity contribution >= 4 is 38.6 Å². The fourth-order valence-corrected chi connectivity index (χ4v) is 3.58. The summed E-state index contributed by atoms with van der Waals surface area (Å²) in [6, 6.07) is 6.56. The molecular formula is C11H7ClN2O2S2. The van der Waals surface area contributed by atoms with Crippen LogP contribution in [0.3, 0.4) is 0 Å². The second-order valence-electron chi connectivity index (χ2n) is 3.26. The van der Waals surface area contributed by atoms with E-state index in [0.29, 0.717) is 11.3 Å². The molecule has 1 aromatic heterocycles. The van der Waals surface area contributed by atoms with Gasteiger partial charge in [0.15, 0.2) is 8.68 Å². The van der Waals surface area contributed by atoms with Crippen molar-refractivity contribution in [1.29, 1.82) is 0 Å². The van der Waals surface area contributed by atoms with E-state index in [1.807, 2.05) is 0 Å². The van der Waals surface area contributed by atoms with Gasteiger partial charge in [0.1, 0.15) is 0 Å². The second-order valence-corrected chi connectivity index (χ2v) is 6.78. The molecule has 0 spiro atoms. The highest BCUT2D eigenvalue weighted by molar-refractivity contribution is 7.94. The molecule has 0 aliphatic rings. The molecule has 0 atom stereocenters. The molecule has 4 nitrogen and oxygen atoms in total. The van der Waals surface area contributed by atoms with Gasteiger partial charge in [-0.2, -0.15) is 0 Å². The maximum atomic E-state index is 12.0. The summed E-state index contributed by atoms with van der Waals surface area (Å²) in [6.45, 7) is 0. The van der Waals surface area contributed by atoms with Crippen LogP contribution in [0.1, 0.15) is 5.56 Å². The van der Waals surface area contributed by atoms with Crippen LogP contribution in [-0.2, 0) is 10.0 Å². The van der Waals surface area contributed by atoms with E-state index in [4.69, 9.17) is 18.0 Å². The first-order chi connectivity index (χ1) is 8.51. The molecular weight excluding hydrogens is 292 g/mol. The van der Waals surface area contributed by atoms with Crippen LogP contribution in [0.15, 0.2) is 34.7 Å². The van der Waals surface area contributed by atoms with Crippen molar-refractivity contribution in [2.75, 3.05) is 4.72 Å². The number of nitrogens with one attached hydrogen (secondary N) is 1. The Labute approximate surface area is 114 Å². The highest BCUT2D eigenvalue weighted by atomic mass is 35.5. The number of rotatable bonds is 3. The number of benzene rings is 1. The van der Waals surface area contributed by atoms with Crippen LogP contribution in [0.2, 0.25) is 4.47 Å². The third kappa shape index (κ3) is 2.82. The van der Waals surface area contributed by atoms with E-state index >= 15 is 0 Å². The molecule has 0 saturated carbocycles. The quantitative estimate of drug-likeness (QED) is 0.886. The average molecular weight is 299 g/mol. The fourth-order valence-electron chi connectivity index (χ4n) is 1.24. The molecule has 1 N–H and O–H groups in total. The summed E-state index contributed by atoms with van der Waals surface area (Å²) in [5.41, 5.74) is 0.993. The fraction of sp³-hybridized carbons (Fsp3) is 0. The molecule has 0 aliphatic heterocycles. The van der Waals surface area contributed by atoms with Crippen LogP contribution in [0.5, 0.6) is 0 Å². The molecule has 7 heteroatoms. The monoisotopic (exact) mass is 298 g/mol. The average Bonchev–Trinajstić information content (AvgIpc) is 2.76. The van der Waals surface area contributed by atoms with E-state index in [0.717, 1.165) is 11.3 Å². The number of terminal acetylenes is 1. The lowest BCUT2D eigenvalue weighted by Gasteiger charge is -2.05. The van der Waals surface area contributed by atoms with Crippen molar-refractivity contribution in [1.82, 2.24) is 4.98 Å². The van der Waals surface area contributed by atoms with E-state index in [2.05, 4.69) is 15.6 Å². The molecule has 92 valence electrons. The summed E-state index contributed by atoms with van der Waals surface area (Å²) in [6.07, 6.45) is 6.45. The summed E-state index contributed by atoms with van der Waals surface area (Å²) in [5.74, 6) is 2.43. The number of anilines is 1. The lowest BCUT2D eigenvalue weighted by Crippen LogP contribution is -2.11. The number of nitrogens with zero attached hydrogens (tertiary/aromatic N) is 1. The van der Waals surface area contributed by atoms with Gasteiger partial charge in [0.25, 0.3) is 10.0 Å². The first-order valence-corrected chi connectivity index (χ1v) is 7.40. The van der Waals surface area contributed by atoms with Gasteiger partial charge in [-0.05, 0) is 18.2 Å². The lowest BCUT2D eigenvalue weighted by molar-refractivity contribution is 0.603. The third-order valence-electron chi connectivity index (χ3n) is 2.00. The van der Waals surface area contributed by atoms with Crippen LogP contribution in [-0.4, -0.2) is 13.4 Å². The van der Waals surface area contributed by atoms with Gasteiger partial charge in [-0.25, -0.2) is 13.4 Å². The van der Waals surface area contributed by atoms with E-state index in [-0.39, 0.29) is 8.68 Å². The van der Waals surface area contributed by atoms with E-state index in [9.17, 15) is 8.42 Å². The van der Waals surface area contributed by atoms with Crippen LogP contribution in [0.25, 0.3) is 0 Å². The largest absolute Gasteiger partial charge is 0.279 e. The van der Waals surface area contributed by atoms with E-state index in [1.54, 1.807) is 24.3 Å². The van der Waals surface area contributed by atoms with Gasteiger partial charge in [-0.3, -0.25) is 4.72 Å². The molecule has 0 amide bonds. The topological polar surface area (TPSA) is 59.1 Å². The van der Waals surface area contributed by atoms with Gasteiger partial charge >= 0.3 is 0 Å². The molecule has 0 unspecified atom stereocenters. The minimum Gasteiger partial charge on any atom is -0.279 e. The zero-order valence-corrected chi connectivity index (χ0v) is 11.3. The predicted octanol–water partition coefficient (Wildman–Crippen LogP) is 2.58. The SMILES string of the molecule is C#Cc1cccc(NS(=O)(=O)c2cnc(Cl)s2)c1. The first-order valence-electron chi connectivity index (χ1n) is 4.72. The van der Waals surface area contributed by atoms with Gasteiger partial charge < -0.3 is 0 Å². The molecule has 0 aliphatic carbocycles. The summed E-state index contributed by atoms with van der Waals surface area (Å²) >= 11 is 6.49. The molecule has 2 rings (SSSR count). The highest BCUT2D eigenvalue weighted by Gasteiger charge is 2.17. The number of hydrogen-bond acceptors (Lipinski definition) is 4. The van der Waals surface area contributed by atoms with Crippen LogP contribution < -0.4 is 4.72 Å². The van der Waals surface area contributed by atoms with Gasteiger partial charge in [0, 0.05) is 5.56 Å². The molecule has 18 heavy (non-hydrogen) atoms. The lowest BCUT2D eigenvalue weighted by atomic mass is 10.2.